The number of benzene rings is 4. The minimum Gasteiger partial charge on any atom is -0.490 e. The van der Waals surface area contributed by atoms with Crippen molar-refractivity contribution in [2.45, 2.75) is 20.5 Å². The quantitative estimate of drug-likeness (QED) is 0.116. The molecule has 1 saturated heterocycles. The van der Waals surface area contributed by atoms with Crippen molar-refractivity contribution in [1.29, 1.82) is 0 Å². The predicted molar refractivity (Wildman–Crippen MR) is 165 cm³/mol. The summed E-state index contributed by atoms with van der Waals surface area (Å²) < 4.78 is 13.7. The Morgan fingerprint density at radius 3 is 2.54 bits per heavy atom. The van der Waals surface area contributed by atoms with Crippen LogP contribution >= 0.6 is 46.6 Å². The van der Waals surface area contributed by atoms with E-state index in [9.17, 15) is 4.79 Å². The van der Waals surface area contributed by atoms with Crippen LogP contribution < -0.4 is 14.4 Å². The third-order valence-corrected chi connectivity index (χ3v) is 8.07. The van der Waals surface area contributed by atoms with Gasteiger partial charge in [-0.3, -0.25) is 9.69 Å². The van der Waals surface area contributed by atoms with E-state index < -0.39 is 0 Å². The molecular formula is C30H24INO3S2. The summed E-state index contributed by atoms with van der Waals surface area (Å²) in [6.45, 7) is 4.88. The summed E-state index contributed by atoms with van der Waals surface area (Å²) in [7, 11) is 0. The van der Waals surface area contributed by atoms with Gasteiger partial charge >= 0.3 is 0 Å². The Balaban J connectivity index is 1.42. The van der Waals surface area contributed by atoms with Crippen molar-refractivity contribution in [3.8, 4) is 11.5 Å². The SMILES string of the molecule is CCOc1cc(/C=C2\SC(=S)N(c3ccc(C)cc3)C2=O)cc(I)c1OCc1cccc2ccccc12. The monoisotopic (exact) mass is 637 g/mol. The zero-order valence-electron chi connectivity index (χ0n) is 20.4. The summed E-state index contributed by atoms with van der Waals surface area (Å²) in [6.07, 6.45) is 1.87. The van der Waals surface area contributed by atoms with Gasteiger partial charge in [-0.05, 0) is 88.7 Å². The lowest BCUT2D eigenvalue weighted by Gasteiger charge is -2.16. The third-order valence-electron chi connectivity index (χ3n) is 5.97. The molecule has 4 aromatic rings. The highest BCUT2D eigenvalue weighted by molar-refractivity contribution is 14.1. The van der Waals surface area contributed by atoms with E-state index in [0.29, 0.717) is 33.9 Å². The van der Waals surface area contributed by atoms with Crippen LogP contribution in [0, 0.1) is 10.5 Å². The van der Waals surface area contributed by atoms with Crippen LogP contribution in [-0.2, 0) is 11.4 Å². The molecule has 0 bridgehead atoms. The van der Waals surface area contributed by atoms with E-state index in [1.54, 1.807) is 4.90 Å². The highest BCUT2D eigenvalue weighted by Crippen LogP contribution is 2.39. The molecule has 1 heterocycles. The van der Waals surface area contributed by atoms with Crippen LogP contribution in [0.2, 0.25) is 0 Å². The number of anilines is 1. The number of nitrogens with zero attached hydrogens (tertiary/aromatic N) is 1. The molecule has 0 unspecified atom stereocenters. The molecule has 0 aromatic heterocycles. The minimum atomic E-state index is -0.122. The molecular weight excluding hydrogens is 613 g/mol. The summed E-state index contributed by atoms with van der Waals surface area (Å²) in [5.74, 6) is 1.22. The summed E-state index contributed by atoms with van der Waals surface area (Å²) >= 11 is 9.11. The number of carbonyl (C=O) groups excluding carboxylic acids is 1. The largest absolute Gasteiger partial charge is 0.490 e. The first-order chi connectivity index (χ1) is 17.9. The second kappa shape index (κ2) is 11.2. The molecule has 0 atom stereocenters. The summed E-state index contributed by atoms with van der Waals surface area (Å²) in [5, 5.41) is 2.35. The summed E-state index contributed by atoms with van der Waals surface area (Å²) in [4.78, 5) is 15.4. The van der Waals surface area contributed by atoms with E-state index in [1.165, 1.54) is 22.5 Å². The van der Waals surface area contributed by atoms with Gasteiger partial charge in [-0.25, -0.2) is 0 Å². The lowest BCUT2D eigenvalue weighted by Crippen LogP contribution is -2.27. The van der Waals surface area contributed by atoms with Crippen LogP contribution in [0.15, 0.2) is 83.8 Å². The Morgan fingerprint density at radius 2 is 1.76 bits per heavy atom. The van der Waals surface area contributed by atoms with Gasteiger partial charge in [-0.2, -0.15) is 0 Å². The molecule has 4 aromatic carbocycles. The van der Waals surface area contributed by atoms with Crippen molar-refractivity contribution in [2.24, 2.45) is 0 Å². The average Bonchev–Trinajstić information content (AvgIpc) is 3.16. The van der Waals surface area contributed by atoms with Gasteiger partial charge in [0.05, 0.1) is 20.8 Å². The van der Waals surface area contributed by atoms with Crippen molar-refractivity contribution >= 4 is 79.3 Å². The second-order valence-electron chi connectivity index (χ2n) is 8.54. The van der Waals surface area contributed by atoms with Gasteiger partial charge < -0.3 is 9.47 Å². The molecule has 186 valence electrons. The van der Waals surface area contributed by atoms with Gasteiger partial charge in [0.2, 0.25) is 0 Å². The van der Waals surface area contributed by atoms with E-state index in [2.05, 4.69) is 46.9 Å². The number of aryl methyl sites for hydroxylation is 1. The lowest BCUT2D eigenvalue weighted by molar-refractivity contribution is -0.113. The van der Waals surface area contributed by atoms with Gasteiger partial charge in [0.25, 0.3) is 5.91 Å². The molecule has 0 saturated carbocycles. The van der Waals surface area contributed by atoms with Gasteiger partial charge in [0.1, 0.15) is 6.61 Å². The lowest BCUT2D eigenvalue weighted by atomic mass is 10.1. The Labute approximate surface area is 239 Å². The summed E-state index contributed by atoms with van der Waals surface area (Å²) in [5.41, 5.74) is 3.87. The Morgan fingerprint density at radius 1 is 1.00 bits per heavy atom. The molecule has 0 spiro atoms. The maximum absolute atomic E-state index is 13.2. The number of carbonyl (C=O) groups is 1. The van der Waals surface area contributed by atoms with E-state index in [1.807, 2.05) is 74.5 Å². The number of thioether (sulfide) groups is 1. The predicted octanol–water partition coefficient (Wildman–Crippen LogP) is 8.14. The van der Waals surface area contributed by atoms with Crippen LogP contribution in [0.4, 0.5) is 5.69 Å². The second-order valence-corrected chi connectivity index (χ2v) is 11.4. The fourth-order valence-corrected chi connectivity index (χ4v) is 6.26. The molecule has 1 aliphatic rings. The van der Waals surface area contributed by atoms with E-state index >= 15 is 0 Å². The van der Waals surface area contributed by atoms with Crippen LogP contribution in [-0.4, -0.2) is 16.8 Å². The average molecular weight is 638 g/mol. The molecule has 0 radical (unpaired) electrons. The molecule has 1 fully saturated rings. The van der Waals surface area contributed by atoms with Gasteiger partial charge in [0, 0.05) is 0 Å². The molecule has 1 amide bonds. The van der Waals surface area contributed by atoms with Crippen molar-refractivity contribution in [1.82, 2.24) is 0 Å². The molecule has 37 heavy (non-hydrogen) atoms. The Kier molecular flexibility index (Phi) is 7.83. The van der Waals surface area contributed by atoms with E-state index in [-0.39, 0.29) is 5.91 Å². The number of ether oxygens (including phenoxy) is 2. The zero-order chi connectivity index (χ0) is 25.9. The first-order valence-electron chi connectivity index (χ1n) is 11.8. The third kappa shape index (κ3) is 5.54. The molecule has 0 aliphatic carbocycles. The number of amides is 1. The molecule has 0 N–H and O–H groups in total. The van der Waals surface area contributed by atoms with Crippen LogP contribution in [0.3, 0.4) is 0 Å². The molecule has 7 heteroatoms. The van der Waals surface area contributed by atoms with Gasteiger partial charge in [-0.15, -0.1) is 0 Å². The highest BCUT2D eigenvalue weighted by Gasteiger charge is 2.33. The fraction of sp³-hybridized carbons (Fsp3) is 0.133. The van der Waals surface area contributed by atoms with Crippen LogP contribution in [0.5, 0.6) is 11.5 Å². The van der Waals surface area contributed by atoms with Crippen LogP contribution in [0.25, 0.3) is 16.8 Å². The highest BCUT2D eigenvalue weighted by atomic mass is 127. The van der Waals surface area contributed by atoms with Gasteiger partial charge in [-0.1, -0.05) is 84.1 Å². The fourth-order valence-electron chi connectivity index (χ4n) is 4.18. The number of rotatable bonds is 7. The maximum atomic E-state index is 13.2. The van der Waals surface area contributed by atoms with E-state index in [0.717, 1.165) is 25.9 Å². The number of hydrogen-bond acceptors (Lipinski definition) is 5. The minimum absolute atomic E-state index is 0.122. The number of hydrogen-bond donors (Lipinski definition) is 0. The normalized spacial score (nSPS) is 14.6. The van der Waals surface area contributed by atoms with Crippen molar-refractivity contribution in [3.05, 3.63) is 104 Å². The topological polar surface area (TPSA) is 38.8 Å². The van der Waals surface area contributed by atoms with E-state index in [4.69, 9.17) is 21.7 Å². The maximum Gasteiger partial charge on any atom is 0.270 e. The number of fused-ring (bicyclic) bond motifs is 1. The number of thiocarbonyl (C=S) groups is 1. The molecule has 5 rings (SSSR count). The van der Waals surface area contributed by atoms with Crippen molar-refractivity contribution in [3.63, 3.8) is 0 Å². The zero-order valence-corrected chi connectivity index (χ0v) is 24.2. The number of halogens is 1. The van der Waals surface area contributed by atoms with Crippen molar-refractivity contribution in [2.75, 3.05) is 11.5 Å². The first-order valence-corrected chi connectivity index (χ1v) is 14.2. The molecule has 4 nitrogen and oxygen atoms in total. The molecule has 1 aliphatic heterocycles. The Hall–Kier alpha value is -2.88. The Bertz CT molecular complexity index is 1530. The van der Waals surface area contributed by atoms with Gasteiger partial charge in [0.15, 0.2) is 15.8 Å². The first kappa shape index (κ1) is 25.8. The smallest absolute Gasteiger partial charge is 0.270 e. The summed E-state index contributed by atoms with van der Waals surface area (Å²) in [6, 6.07) is 26.2. The standard InChI is InChI=1S/C30H24INO3S2/c1-3-34-26-16-20(17-27-29(33)32(30(36)37-27)23-13-11-19(2)12-14-23)15-25(31)28(26)35-18-22-9-6-8-21-7-4-5-10-24(21)22/h4-17H,3,18H2,1-2H3/b27-17-. The van der Waals surface area contributed by atoms with Crippen LogP contribution in [0.1, 0.15) is 23.6 Å². The van der Waals surface area contributed by atoms with Crippen molar-refractivity contribution < 1.29 is 14.3 Å².